The second kappa shape index (κ2) is 17.5. The Kier molecular flexibility index (Phi) is 11.7. The van der Waals surface area contributed by atoms with Gasteiger partial charge in [0.15, 0.2) is 0 Å². The van der Waals surface area contributed by atoms with E-state index in [0.29, 0.717) is 5.69 Å². The van der Waals surface area contributed by atoms with Crippen LogP contribution in [-0.4, -0.2) is 62.4 Å². The Hall–Kier alpha value is -6.57. The van der Waals surface area contributed by atoms with Gasteiger partial charge in [0.2, 0.25) is 11.7 Å². The molecule has 1 saturated heterocycles. The van der Waals surface area contributed by atoms with E-state index < -0.39 is 45.9 Å². The fourth-order valence-electron chi connectivity index (χ4n) is 8.61. The summed E-state index contributed by atoms with van der Waals surface area (Å²) in [6.07, 6.45) is 4.67. The van der Waals surface area contributed by atoms with Crippen LogP contribution in [0, 0.1) is 11.3 Å². The van der Waals surface area contributed by atoms with E-state index >= 15 is 0 Å². The van der Waals surface area contributed by atoms with Gasteiger partial charge in [-0.1, -0.05) is 140 Å². The predicted octanol–water partition coefficient (Wildman–Crippen LogP) is 8.01. The lowest BCUT2D eigenvalue weighted by Crippen LogP contribution is -2.52. The minimum Gasteiger partial charge on any atom is -0.449 e. The average molecular weight is 800 g/mol. The number of fused-ring (bicyclic) bond motifs is 3. The number of hydrogen-bond acceptors (Lipinski definition) is 6. The first kappa shape index (κ1) is 39.3. The number of nitriles is 1. The van der Waals surface area contributed by atoms with Gasteiger partial charge in [-0.15, -0.1) is 0 Å². The van der Waals surface area contributed by atoms with E-state index in [0.717, 1.165) is 63.3 Å². The molecule has 1 aliphatic carbocycles. The molecule has 1 fully saturated rings. The molecule has 2 N–H and O–H groups in total. The van der Waals surface area contributed by atoms with Gasteiger partial charge in [0.25, 0.3) is 0 Å². The van der Waals surface area contributed by atoms with Crippen LogP contribution in [0.1, 0.15) is 59.2 Å². The molecule has 5 aromatic carbocycles. The Bertz CT molecular complexity index is 2400. The van der Waals surface area contributed by atoms with E-state index in [2.05, 4.69) is 74.8 Å². The quantitative estimate of drug-likeness (QED) is 0.0901. The van der Waals surface area contributed by atoms with Crippen molar-refractivity contribution in [3.05, 3.63) is 186 Å². The zero-order valence-electron chi connectivity index (χ0n) is 32.8. The van der Waals surface area contributed by atoms with Gasteiger partial charge in [-0.25, -0.2) is 9.78 Å². The van der Waals surface area contributed by atoms with Crippen LogP contribution in [0.15, 0.2) is 152 Å². The standard InChI is InChI=1S/C49H45N5O4S/c1-34(52-48(57)58-32-43-41-25-13-11-23-39(41)40-24-12-14-26-42(40)43)47(56)53-44(46(55)45(30-50)59-27-15-16-28-59)29-38-31-51-33-54(38)49(35-17-5-2-6-18-35,36-19-7-3-8-20-36)37-21-9-4-10-22-37/h2-14,17-26,31,33-34,43-44H,15-16,27-29,32H2,1H3,(H,52,57)(H,53,56)/t34-,44-/m0/s1. The summed E-state index contributed by atoms with van der Waals surface area (Å²) in [5.74, 6) is 0.403. The summed E-state index contributed by atoms with van der Waals surface area (Å²) in [7, 11) is -0.503. The molecule has 2 heterocycles. The summed E-state index contributed by atoms with van der Waals surface area (Å²) in [6, 6.07) is 46.6. The summed E-state index contributed by atoms with van der Waals surface area (Å²) >= 11 is 0. The lowest BCUT2D eigenvalue weighted by molar-refractivity contribution is -0.126. The Morgan fingerprint density at radius 2 is 1.29 bits per heavy atom. The fraction of sp³-hybridized carbons (Fsp3) is 0.224. The minimum absolute atomic E-state index is 0.0405. The van der Waals surface area contributed by atoms with Gasteiger partial charge in [0, 0.05) is 24.2 Å². The highest BCUT2D eigenvalue weighted by atomic mass is 32.2. The molecule has 0 unspecified atom stereocenters. The maximum absolute atomic E-state index is 14.6. The van der Waals surface area contributed by atoms with Gasteiger partial charge < -0.3 is 19.9 Å². The van der Waals surface area contributed by atoms with E-state index in [1.165, 1.54) is 0 Å². The molecule has 2 amide bonds. The van der Waals surface area contributed by atoms with Gasteiger partial charge in [-0.05, 0) is 70.2 Å². The fourth-order valence-corrected chi connectivity index (χ4v) is 10.9. The van der Waals surface area contributed by atoms with Crippen LogP contribution in [0.25, 0.3) is 11.1 Å². The number of ketones is 1. The minimum atomic E-state index is -1.12. The predicted molar refractivity (Wildman–Crippen MR) is 232 cm³/mol. The summed E-state index contributed by atoms with van der Waals surface area (Å²) < 4.78 is 7.82. The van der Waals surface area contributed by atoms with Crippen LogP contribution in [0.3, 0.4) is 0 Å². The van der Waals surface area contributed by atoms with Gasteiger partial charge >= 0.3 is 6.09 Å². The number of rotatable bonds is 13. The molecule has 2 aliphatic rings. The normalized spacial score (nSPS) is 14.6. The van der Waals surface area contributed by atoms with E-state index in [1.807, 2.05) is 91.0 Å². The zero-order valence-corrected chi connectivity index (χ0v) is 33.6. The van der Waals surface area contributed by atoms with Gasteiger partial charge in [-0.2, -0.15) is 15.7 Å². The number of Topliss-reactive ketones (excluding diaryl/α,β-unsaturated/α-hetero) is 1. The molecular weight excluding hydrogens is 755 g/mol. The van der Waals surface area contributed by atoms with E-state index in [9.17, 15) is 19.6 Å². The first-order chi connectivity index (χ1) is 28.9. The Labute approximate surface area is 347 Å². The number of imidazole rings is 1. The molecule has 9 nitrogen and oxygen atoms in total. The molecule has 0 spiro atoms. The molecule has 6 aromatic rings. The third kappa shape index (κ3) is 7.74. The molecule has 8 rings (SSSR count). The van der Waals surface area contributed by atoms with Crippen molar-refractivity contribution in [2.24, 2.45) is 0 Å². The second-order valence-electron chi connectivity index (χ2n) is 14.9. The summed E-state index contributed by atoms with van der Waals surface area (Å²) in [6.45, 7) is 1.65. The maximum Gasteiger partial charge on any atom is 0.407 e. The van der Waals surface area contributed by atoms with Crippen LogP contribution in [0.4, 0.5) is 4.79 Å². The van der Waals surface area contributed by atoms with Crippen LogP contribution < -0.4 is 10.6 Å². The SMILES string of the molecule is C[C@H](NC(=O)OCC1c2ccccc2-c2ccccc21)C(=O)N[C@@H](Cc1cncn1C(c1ccccc1)(c1ccccc1)c1ccccc1)C(=O)C(C#N)=S1CCCC1. The van der Waals surface area contributed by atoms with Crippen LogP contribution in [0.5, 0.6) is 0 Å². The molecule has 59 heavy (non-hydrogen) atoms. The molecule has 0 saturated carbocycles. The van der Waals surface area contributed by atoms with Crippen LogP contribution in [0.2, 0.25) is 0 Å². The number of nitrogens with one attached hydrogen (secondary N) is 2. The summed E-state index contributed by atoms with van der Waals surface area (Å²) in [5, 5.41) is 16.0. The number of amides is 2. The maximum atomic E-state index is 14.6. The molecular formula is C49H45N5O4S. The Balaban J connectivity index is 1.09. The number of hydrogen-bond donors (Lipinski definition) is 2. The second-order valence-corrected chi connectivity index (χ2v) is 17.1. The number of nitrogens with zero attached hydrogens (tertiary/aromatic N) is 3. The lowest BCUT2D eigenvalue weighted by atomic mass is 9.76. The molecule has 1 aromatic heterocycles. The number of carbonyl (C=O) groups excluding carboxylic acids is 3. The van der Waals surface area contributed by atoms with Crippen LogP contribution in [-0.2, 0) is 26.3 Å². The van der Waals surface area contributed by atoms with Crippen molar-refractivity contribution in [3.8, 4) is 17.2 Å². The molecule has 1 aliphatic heterocycles. The molecule has 2 atom stereocenters. The highest BCUT2D eigenvalue weighted by Crippen LogP contribution is 2.45. The lowest BCUT2D eigenvalue weighted by Gasteiger charge is -2.39. The van der Waals surface area contributed by atoms with E-state index in [1.54, 1.807) is 19.4 Å². The van der Waals surface area contributed by atoms with Crippen molar-refractivity contribution in [1.29, 1.82) is 5.26 Å². The topological polar surface area (TPSA) is 126 Å². The van der Waals surface area contributed by atoms with Gasteiger partial charge in [0.1, 0.15) is 29.1 Å². The number of benzene rings is 5. The molecule has 0 bridgehead atoms. The van der Waals surface area contributed by atoms with Crippen LogP contribution >= 0.6 is 10.5 Å². The Morgan fingerprint density at radius 1 is 0.780 bits per heavy atom. The third-order valence-electron chi connectivity index (χ3n) is 11.4. The smallest absolute Gasteiger partial charge is 0.407 e. The number of alkyl carbamates (subject to hydrolysis) is 1. The largest absolute Gasteiger partial charge is 0.449 e. The van der Waals surface area contributed by atoms with Crippen molar-refractivity contribution in [1.82, 2.24) is 20.2 Å². The van der Waals surface area contributed by atoms with Crippen molar-refractivity contribution < 1.29 is 19.1 Å². The van der Waals surface area contributed by atoms with Crippen molar-refractivity contribution in [2.45, 2.75) is 49.7 Å². The third-order valence-corrected chi connectivity index (χ3v) is 13.8. The molecule has 10 heteroatoms. The van der Waals surface area contributed by atoms with Crippen molar-refractivity contribution >= 4 is 33.1 Å². The highest BCUT2D eigenvalue weighted by Gasteiger charge is 2.41. The monoisotopic (exact) mass is 799 g/mol. The number of aromatic nitrogens is 2. The first-order valence-electron chi connectivity index (χ1n) is 20.0. The number of carbonyl (C=O) groups is 3. The van der Waals surface area contributed by atoms with E-state index in [4.69, 9.17) is 4.74 Å². The summed E-state index contributed by atoms with van der Waals surface area (Å²) in [4.78, 5) is 46.7. The van der Waals surface area contributed by atoms with Crippen molar-refractivity contribution in [2.75, 3.05) is 18.1 Å². The van der Waals surface area contributed by atoms with Gasteiger partial charge in [-0.3, -0.25) is 9.59 Å². The molecule has 296 valence electrons. The summed E-state index contributed by atoms with van der Waals surface area (Å²) in [5.41, 5.74) is 7.06. The first-order valence-corrected chi connectivity index (χ1v) is 21.5. The van der Waals surface area contributed by atoms with E-state index in [-0.39, 0.29) is 23.8 Å². The number of ether oxygens (including phenoxy) is 1. The Morgan fingerprint density at radius 3 is 1.81 bits per heavy atom. The van der Waals surface area contributed by atoms with Gasteiger partial charge in [0.05, 0.1) is 12.4 Å². The molecule has 0 radical (unpaired) electrons. The average Bonchev–Trinajstić information content (AvgIpc) is 4.05. The highest BCUT2D eigenvalue weighted by molar-refractivity contribution is 8.17. The zero-order chi connectivity index (χ0) is 40.8. The van der Waals surface area contributed by atoms with Crippen molar-refractivity contribution in [3.63, 3.8) is 0 Å².